The smallest absolute Gasteiger partial charge is 0.257 e. The van der Waals surface area contributed by atoms with Crippen LogP contribution < -0.4 is 4.90 Å². The zero-order chi connectivity index (χ0) is 19.1. The van der Waals surface area contributed by atoms with Gasteiger partial charge in [-0.3, -0.25) is 9.48 Å². The van der Waals surface area contributed by atoms with Crippen LogP contribution in [-0.4, -0.2) is 57.2 Å². The van der Waals surface area contributed by atoms with E-state index >= 15 is 0 Å². The van der Waals surface area contributed by atoms with E-state index in [1.54, 1.807) is 4.68 Å². The van der Waals surface area contributed by atoms with Crippen LogP contribution in [0.5, 0.6) is 0 Å². The van der Waals surface area contributed by atoms with Crippen molar-refractivity contribution in [1.82, 2.24) is 24.6 Å². The van der Waals surface area contributed by atoms with Gasteiger partial charge in [0.2, 0.25) is 0 Å². The minimum absolute atomic E-state index is 0.0668. The van der Waals surface area contributed by atoms with Gasteiger partial charge in [-0.05, 0) is 39.5 Å². The lowest BCUT2D eigenvalue weighted by atomic mass is 9.95. The average Bonchev–Trinajstić information content (AvgIpc) is 3.00. The minimum Gasteiger partial charge on any atom is -0.359 e. The first-order chi connectivity index (χ1) is 12.9. The molecule has 1 fully saturated rings. The predicted molar refractivity (Wildman–Crippen MR) is 104 cm³/mol. The maximum Gasteiger partial charge on any atom is 0.257 e. The molecule has 2 aliphatic rings. The molecule has 0 bridgehead atoms. The molecule has 2 aromatic heterocycles. The highest BCUT2D eigenvalue weighted by atomic mass is 16.2. The highest BCUT2D eigenvalue weighted by Gasteiger charge is 2.30. The maximum absolute atomic E-state index is 13.0. The first kappa shape index (κ1) is 17.9. The van der Waals surface area contributed by atoms with Gasteiger partial charge < -0.3 is 9.80 Å². The highest BCUT2D eigenvalue weighted by molar-refractivity contribution is 5.95. The summed E-state index contributed by atoms with van der Waals surface area (Å²) in [6.45, 7) is 6.48. The molecule has 0 aromatic carbocycles. The van der Waals surface area contributed by atoms with E-state index in [2.05, 4.69) is 24.0 Å². The molecule has 7 heteroatoms. The number of anilines is 1. The van der Waals surface area contributed by atoms with Crippen LogP contribution >= 0.6 is 0 Å². The fourth-order valence-corrected chi connectivity index (χ4v) is 4.34. The number of carbonyl (C=O) groups is 1. The lowest BCUT2D eigenvalue weighted by Crippen LogP contribution is -2.40. The number of amides is 1. The van der Waals surface area contributed by atoms with Crippen LogP contribution in [0.1, 0.15) is 58.3 Å². The van der Waals surface area contributed by atoms with E-state index < -0.39 is 0 Å². The molecule has 1 saturated heterocycles. The van der Waals surface area contributed by atoms with Crippen LogP contribution in [0.3, 0.4) is 0 Å². The molecule has 0 spiro atoms. The van der Waals surface area contributed by atoms with E-state index in [0.29, 0.717) is 12.1 Å². The molecular formula is C20H28N6O. The van der Waals surface area contributed by atoms with E-state index in [4.69, 9.17) is 9.97 Å². The number of fused-ring (bicyclic) bond motifs is 1. The second kappa shape index (κ2) is 6.94. The molecule has 144 valence electrons. The zero-order valence-electron chi connectivity index (χ0n) is 16.7. The van der Waals surface area contributed by atoms with Crippen LogP contribution in [0.4, 0.5) is 5.82 Å². The van der Waals surface area contributed by atoms with Gasteiger partial charge in [-0.15, -0.1) is 0 Å². The van der Waals surface area contributed by atoms with E-state index in [9.17, 15) is 4.79 Å². The van der Waals surface area contributed by atoms with Crippen molar-refractivity contribution in [2.75, 3.05) is 31.6 Å². The van der Waals surface area contributed by atoms with Gasteiger partial charge in [-0.2, -0.15) is 5.10 Å². The van der Waals surface area contributed by atoms with Crippen LogP contribution in [0.15, 0.2) is 6.20 Å². The SMILES string of the molecule is Cc1nn(C)cc1C(=O)N1CCC[C@H](c2nc(C)c3c(n2)N(C)CCC3)C1. The van der Waals surface area contributed by atoms with Crippen molar-refractivity contribution in [1.29, 1.82) is 0 Å². The van der Waals surface area contributed by atoms with Crippen molar-refractivity contribution in [3.05, 3.63) is 34.5 Å². The molecule has 1 amide bonds. The Morgan fingerprint density at radius 2 is 1.93 bits per heavy atom. The minimum atomic E-state index is 0.0668. The molecule has 7 nitrogen and oxygen atoms in total. The Kier molecular flexibility index (Phi) is 4.61. The van der Waals surface area contributed by atoms with Gasteiger partial charge in [-0.25, -0.2) is 9.97 Å². The number of nitrogens with zero attached hydrogens (tertiary/aromatic N) is 6. The Morgan fingerprint density at radius 3 is 2.67 bits per heavy atom. The van der Waals surface area contributed by atoms with E-state index in [1.807, 2.05) is 25.1 Å². The molecule has 1 atom stereocenters. The van der Waals surface area contributed by atoms with Crippen molar-refractivity contribution in [3.8, 4) is 0 Å². The van der Waals surface area contributed by atoms with Gasteiger partial charge in [0.05, 0.1) is 11.3 Å². The molecule has 2 aliphatic heterocycles. The summed E-state index contributed by atoms with van der Waals surface area (Å²) < 4.78 is 1.70. The van der Waals surface area contributed by atoms with Crippen molar-refractivity contribution < 1.29 is 4.79 Å². The van der Waals surface area contributed by atoms with E-state index in [1.165, 1.54) is 5.56 Å². The fourth-order valence-electron chi connectivity index (χ4n) is 4.34. The standard InChI is InChI=1S/C20H28N6O/c1-13-16-8-6-9-24(3)19(16)22-18(21-13)15-7-5-10-26(11-15)20(27)17-12-25(4)23-14(17)2/h12,15H,5-11H2,1-4H3/t15-/m0/s1. The Bertz CT molecular complexity index is 874. The number of hydrogen-bond donors (Lipinski definition) is 0. The summed E-state index contributed by atoms with van der Waals surface area (Å²) in [7, 11) is 3.96. The normalized spacial score (nSPS) is 19.9. The number of aryl methyl sites for hydroxylation is 3. The van der Waals surface area contributed by atoms with E-state index in [-0.39, 0.29) is 11.8 Å². The summed E-state index contributed by atoms with van der Waals surface area (Å²) in [5.74, 6) is 2.23. The van der Waals surface area contributed by atoms with Crippen molar-refractivity contribution in [3.63, 3.8) is 0 Å². The monoisotopic (exact) mass is 368 g/mol. The van der Waals surface area contributed by atoms with Crippen LogP contribution in [0.2, 0.25) is 0 Å². The molecule has 4 heterocycles. The number of carbonyl (C=O) groups excluding carboxylic acids is 1. The van der Waals surface area contributed by atoms with Crippen LogP contribution in [0, 0.1) is 13.8 Å². The van der Waals surface area contributed by atoms with Gasteiger partial charge in [0.1, 0.15) is 11.6 Å². The second-order valence-electron chi connectivity index (χ2n) is 7.89. The molecule has 27 heavy (non-hydrogen) atoms. The fraction of sp³-hybridized carbons (Fsp3) is 0.600. The lowest BCUT2D eigenvalue weighted by Gasteiger charge is -2.33. The summed E-state index contributed by atoms with van der Waals surface area (Å²) in [5, 5.41) is 4.31. The van der Waals surface area contributed by atoms with Crippen LogP contribution in [0.25, 0.3) is 0 Å². The number of rotatable bonds is 2. The third-order valence-corrected chi connectivity index (χ3v) is 5.81. The van der Waals surface area contributed by atoms with Gasteiger partial charge in [0.15, 0.2) is 0 Å². The molecular weight excluding hydrogens is 340 g/mol. The first-order valence-corrected chi connectivity index (χ1v) is 9.82. The van der Waals surface area contributed by atoms with E-state index in [0.717, 1.165) is 61.8 Å². The molecule has 0 aliphatic carbocycles. The summed E-state index contributed by atoms with van der Waals surface area (Å²) in [4.78, 5) is 26.9. The zero-order valence-corrected chi connectivity index (χ0v) is 16.7. The molecule has 2 aromatic rings. The number of piperidine rings is 1. The van der Waals surface area contributed by atoms with Crippen molar-refractivity contribution in [2.45, 2.75) is 45.4 Å². The topological polar surface area (TPSA) is 67.2 Å². The first-order valence-electron chi connectivity index (χ1n) is 9.82. The lowest BCUT2D eigenvalue weighted by molar-refractivity contribution is 0.0703. The number of hydrogen-bond acceptors (Lipinski definition) is 5. The Labute approximate surface area is 160 Å². The van der Waals surface area contributed by atoms with Crippen molar-refractivity contribution >= 4 is 11.7 Å². The van der Waals surface area contributed by atoms with Crippen molar-refractivity contribution in [2.24, 2.45) is 7.05 Å². The quantitative estimate of drug-likeness (QED) is 0.813. The predicted octanol–water partition coefficient (Wildman–Crippen LogP) is 2.23. The summed E-state index contributed by atoms with van der Waals surface area (Å²) >= 11 is 0. The summed E-state index contributed by atoms with van der Waals surface area (Å²) in [6.07, 6.45) is 6.03. The summed E-state index contributed by atoms with van der Waals surface area (Å²) in [5.41, 5.74) is 3.85. The molecule has 0 saturated carbocycles. The van der Waals surface area contributed by atoms with Gasteiger partial charge in [-0.1, -0.05) is 0 Å². The van der Waals surface area contributed by atoms with Gasteiger partial charge in [0, 0.05) is 57.1 Å². The molecule has 0 radical (unpaired) electrons. The summed E-state index contributed by atoms with van der Waals surface area (Å²) in [6, 6.07) is 0. The third kappa shape index (κ3) is 3.31. The number of likely N-dealkylation sites (tertiary alicyclic amines) is 1. The molecule has 0 N–H and O–H groups in total. The Balaban J connectivity index is 1.58. The number of aromatic nitrogens is 4. The average molecular weight is 368 g/mol. The molecule has 0 unspecified atom stereocenters. The Hall–Kier alpha value is -2.44. The van der Waals surface area contributed by atoms with Gasteiger partial charge in [0.25, 0.3) is 5.91 Å². The van der Waals surface area contributed by atoms with Gasteiger partial charge >= 0.3 is 0 Å². The Morgan fingerprint density at radius 1 is 1.11 bits per heavy atom. The third-order valence-electron chi connectivity index (χ3n) is 5.81. The highest BCUT2D eigenvalue weighted by Crippen LogP contribution is 2.31. The largest absolute Gasteiger partial charge is 0.359 e. The van der Waals surface area contributed by atoms with Crippen LogP contribution in [-0.2, 0) is 13.5 Å². The second-order valence-corrected chi connectivity index (χ2v) is 7.89. The maximum atomic E-state index is 13.0. The molecule has 4 rings (SSSR count).